The predicted octanol–water partition coefficient (Wildman–Crippen LogP) is 3.24. The Kier molecular flexibility index (Phi) is 7.67. The minimum atomic E-state index is -0.498. The number of hydrogen-bond acceptors (Lipinski definition) is 7. The monoisotopic (exact) mass is 435 g/mol. The van der Waals surface area contributed by atoms with Crippen molar-refractivity contribution in [2.24, 2.45) is 0 Å². The van der Waals surface area contributed by atoms with Crippen LogP contribution < -0.4 is 25.4 Å². The minimum absolute atomic E-state index is 0.0663. The maximum atomic E-state index is 12.4. The van der Waals surface area contributed by atoms with Crippen LogP contribution in [0.3, 0.4) is 0 Å². The third kappa shape index (κ3) is 6.45. The first-order valence-electron chi connectivity index (χ1n) is 9.72. The van der Waals surface area contributed by atoms with Gasteiger partial charge in [-0.25, -0.2) is 9.78 Å². The van der Waals surface area contributed by atoms with Crippen LogP contribution >= 0.6 is 11.6 Å². The molecule has 0 aliphatic carbocycles. The highest BCUT2D eigenvalue weighted by Gasteiger charge is 2.18. The molecule has 0 unspecified atom stereocenters. The van der Waals surface area contributed by atoms with Gasteiger partial charge < -0.3 is 24.8 Å². The fraction of sp³-hybridized carbons (Fsp3) is 0.450. The molecule has 30 heavy (non-hydrogen) atoms. The molecule has 1 saturated heterocycles. The molecule has 1 fully saturated rings. The highest BCUT2D eigenvalue weighted by molar-refractivity contribution is 6.32. The van der Waals surface area contributed by atoms with Crippen LogP contribution in [-0.2, 0) is 4.74 Å². The van der Waals surface area contributed by atoms with E-state index < -0.39 is 6.03 Å². The number of carbonyl (C=O) groups excluding carboxylic acids is 1. The van der Waals surface area contributed by atoms with Gasteiger partial charge in [-0.15, -0.1) is 0 Å². The van der Waals surface area contributed by atoms with E-state index in [0.29, 0.717) is 47.8 Å². The Morgan fingerprint density at radius 2 is 2.13 bits per heavy atom. The summed E-state index contributed by atoms with van der Waals surface area (Å²) < 4.78 is 17.4. The third-order valence-electron chi connectivity index (χ3n) is 4.10. The summed E-state index contributed by atoms with van der Waals surface area (Å²) in [6.45, 7) is 8.07. The molecule has 1 aliphatic rings. The van der Waals surface area contributed by atoms with Crippen molar-refractivity contribution in [3.8, 4) is 11.5 Å². The van der Waals surface area contributed by atoms with Crippen LogP contribution in [0, 0.1) is 6.92 Å². The van der Waals surface area contributed by atoms with E-state index >= 15 is 0 Å². The summed E-state index contributed by atoms with van der Waals surface area (Å²) in [6, 6.07) is 2.76. The lowest BCUT2D eigenvalue weighted by Crippen LogP contribution is -2.41. The van der Waals surface area contributed by atoms with Crippen LogP contribution in [0.4, 0.5) is 16.3 Å². The molecule has 9 nitrogen and oxygen atoms in total. The average Bonchev–Trinajstić information content (AvgIpc) is 2.71. The van der Waals surface area contributed by atoms with Gasteiger partial charge in [0.2, 0.25) is 0 Å². The highest BCUT2D eigenvalue weighted by atomic mass is 35.5. The van der Waals surface area contributed by atoms with Crippen LogP contribution in [-0.4, -0.2) is 54.5 Å². The van der Waals surface area contributed by atoms with Crippen molar-refractivity contribution >= 4 is 29.1 Å². The molecule has 0 spiro atoms. The van der Waals surface area contributed by atoms with Gasteiger partial charge in [-0.2, -0.15) is 0 Å². The summed E-state index contributed by atoms with van der Waals surface area (Å²) in [4.78, 5) is 20.7. The Balaban J connectivity index is 1.74. The topological polar surface area (TPSA) is 107 Å². The molecule has 1 aromatic carbocycles. The van der Waals surface area contributed by atoms with Crippen molar-refractivity contribution in [1.29, 1.82) is 0 Å². The first-order valence-corrected chi connectivity index (χ1v) is 10.1. The molecule has 0 radical (unpaired) electrons. The molecule has 1 aliphatic heterocycles. The molecule has 2 amide bonds. The minimum Gasteiger partial charge on any atom is -0.489 e. The number of benzene rings is 1. The highest BCUT2D eigenvalue weighted by Crippen LogP contribution is 2.37. The van der Waals surface area contributed by atoms with Crippen LogP contribution in [0.25, 0.3) is 0 Å². The third-order valence-corrected chi connectivity index (χ3v) is 4.39. The number of aryl methyl sites for hydroxylation is 1. The van der Waals surface area contributed by atoms with E-state index in [-0.39, 0.29) is 12.2 Å². The van der Waals surface area contributed by atoms with E-state index in [1.54, 1.807) is 18.3 Å². The van der Waals surface area contributed by atoms with Crippen molar-refractivity contribution in [3.05, 3.63) is 35.2 Å². The maximum absolute atomic E-state index is 12.4. The Labute approximate surface area is 180 Å². The van der Waals surface area contributed by atoms with Crippen LogP contribution in [0.1, 0.15) is 19.5 Å². The zero-order valence-corrected chi connectivity index (χ0v) is 18.0. The number of amides is 2. The molecular weight excluding hydrogens is 410 g/mol. The number of urea groups is 1. The number of halogens is 1. The zero-order valence-electron chi connectivity index (χ0n) is 17.2. The number of nitrogens with zero attached hydrogens (tertiary/aromatic N) is 2. The summed E-state index contributed by atoms with van der Waals surface area (Å²) in [5.74, 6) is 1.22. The molecule has 10 heteroatoms. The van der Waals surface area contributed by atoms with E-state index in [1.165, 1.54) is 6.20 Å². The molecule has 0 bridgehead atoms. The molecule has 0 saturated carbocycles. The molecule has 1 atom stereocenters. The number of anilines is 2. The Morgan fingerprint density at radius 3 is 2.80 bits per heavy atom. The number of ether oxygens (including phenoxy) is 3. The SMILES string of the molecule is Cc1cnc(NC(=O)Nc2cc(Cl)c(OC(C)C)cc2OC[C@@H]2CNCCO2)cn1. The van der Waals surface area contributed by atoms with E-state index in [0.717, 1.165) is 12.2 Å². The van der Waals surface area contributed by atoms with Gasteiger partial charge in [0.05, 0.1) is 41.5 Å². The van der Waals surface area contributed by atoms with Crippen LogP contribution in [0.2, 0.25) is 5.02 Å². The lowest BCUT2D eigenvalue weighted by molar-refractivity contribution is 0.000293. The maximum Gasteiger partial charge on any atom is 0.325 e. The van der Waals surface area contributed by atoms with E-state index in [2.05, 4.69) is 25.9 Å². The Bertz CT molecular complexity index is 857. The van der Waals surface area contributed by atoms with Crippen molar-refractivity contribution in [2.45, 2.75) is 33.0 Å². The van der Waals surface area contributed by atoms with Gasteiger partial charge in [0.15, 0.2) is 5.82 Å². The zero-order chi connectivity index (χ0) is 21.5. The Morgan fingerprint density at radius 1 is 1.30 bits per heavy atom. The molecule has 2 aromatic rings. The molecule has 2 heterocycles. The van der Waals surface area contributed by atoms with Gasteiger partial charge in [-0.3, -0.25) is 10.3 Å². The van der Waals surface area contributed by atoms with Gasteiger partial charge in [0, 0.05) is 19.2 Å². The lowest BCUT2D eigenvalue weighted by atomic mass is 10.2. The summed E-state index contributed by atoms with van der Waals surface area (Å²) in [6.07, 6.45) is 2.89. The van der Waals surface area contributed by atoms with Crippen molar-refractivity contribution in [2.75, 3.05) is 36.9 Å². The van der Waals surface area contributed by atoms with Gasteiger partial charge >= 0.3 is 6.03 Å². The normalized spacial score (nSPS) is 16.2. The fourth-order valence-electron chi connectivity index (χ4n) is 2.73. The van der Waals surface area contributed by atoms with Crippen molar-refractivity contribution < 1.29 is 19.0 Å². The quantitative estimate of drug-likeness (QED) is 0.612. The number of hydrogen-bond donors (Lipinski definition) is 3. The second kappa shape index (κ2) is 10.4. The number of aromatic nitrogens is 2. The second-order valence-electron chi connectivity index (χ2n) is 7.08. The average molecular weight is 436 g/mol. The smallest absolute Gasteiger partial charge is 0.325 e. The van der Waals surface area contributed by atoms with Gasteiger partial charge in [-0.05, 0) is 26.8 Å². The first kappa shape index (κ1) is 22.1. The van der Waals surface area contributed by atoms with Crippen LogP contribution in [0.15, 0.2) is 24.5 Å². The van der Waals surface area contributed by atoms with Crippen molar-refractivity contribution in [1.82, 2.24) is 15.3 Å². The summed E-state index contributed by atoms with van der Waals surface area (Å²) in [5.41, 5.74) is 1.15. The number of nitrogens with one attached hydrogen (secondary N) is 3. The number of rotatable bonds is 7. The lowest BCUT2D eigenvalue weighted by Gasteiger charge is -2.24. The number of carbonyl (C=O) groups is 1. The molecular formula is C20H26ClN5O4. The molecule has 162 valence electrons. The van der Waals surface area contributed by atoms with Crippen molar-refractivity contribution in [3.63, 3.8) is 0 Å². The van der Waals surface area contributed by atoms with Crippen LogP contribution in [0.5, 0.6) is 11.5 Å². The molecule has 3 N–H and O–H groups in total. The van der Waals surface area contributed by atoms with Gasteiger partial charge in [0.25, 0.3) is 0 Å². The Hall–Kier alpha value is -2.62. The molecule has 1 aromatic heterocycles. The summed E-state index contributed by atoms with van der Waals surface area (Å²) in [5, 5.41) is 8.98. The largest absolute Gasteiger partial charge is 0.489 e. The van der Waals surface area contributed by atoms with Gasteiger partial charge in [-0.1, -0.05) is 11.6 Å². The second-order valence-corrected chi connectivity index (χ2v) is 7.48. The number of morpholine rings is 1. The van der Waals surface area contributed by atoms with Gasteiger partial charge in [0.1, 0.15) is 24.2 Å². The summed E-state index contributed by atoms with van der Waals surface area (Å²) >= 11 is 6.35. The fourth-order valence-corrected chi connectivity index (χ4v) is 2.94. The molecule has 3 rings (SSSR count). The summed E-state index contributed by atoms with van der Waals surface area (Å²) in [7, 11) is 0. The van der Waals surface area contributed by atoms with E-state index in [9.17, 15) is 4.79 Å². The van der Waals surface area contributed by atoms with E-state index in [4.69, 9.17) is 25.8 Å². The first-order chi connectivity index (χ1) is 14.4. The standard InChI is InChI=1S/C20H26ClN5O4/c1-12(2)30-17-7-18(29-11-14-9-22-4-5-28-14)16(6-15(17)21)25-20(27)26-19-10-23-13(3)8-24-19/h6-8,10,12,14,22H,4-5,9,11H2,1-3H3,(H2,24,25,26,27)/t14-/m0/s1. The van der Waals surface area contributed by atoms with E-state index in [1.807, 2.05) is 20.8 Å². The predicted molar refractivity (Wildman–Crippen MR) is 115 cm³/mol.